The summed E-state index contributed by atoms with van der Waals surface area (Å²) in [4.78, 5) is 58.6. The molecule has 1 saturated heterocycles. The summed E-state index contributed by atoms with van der Waals surface area (Å²) in [6.07, 6.45) is 7.40. The first kappa shape index (κ1) is 38.3. The smallest absolute Gasteiger partial charge is 0.410 e. The highest BCUT2D eigenvalue weighted by Gasteiger charge is 2.29. The van der Waals surface area contributed by atoms with Gasteiger partial charge in [0.1, 0.15) is 34.3 Å². The van der Waals surface area contributed by atoms with Crippen LogP contribution in [0.2, 0.25) is 0 Å². The number of rotatable bonds is 8. The summed E-state index contributed by atoms with van der Waals surface area (Å²) in [7, 11) is 1.47. The lowest BCUT2D eigenvalue weighted by Crippen LogP contribution is -2.42. The Morgan fingerprint density at radius 3 is 2.31 bits per heavy atom. The maximum atomic E-state index is 15.8. The van der Waals surface area contributed by atoms with Gasteiger partial charge in [-0.25, -0.2) is 23.4 Å². The molecule has 5 aromatic rings. The number of carbonyl (C=O) groups is 3. The molecule has 2 aromatic carbocycles. The fourth-order valence-electron chi connectivity index (χ4n) is 6.41. The number of anilines is 2. The van der Waals surface area contributed by atoms with E-state index in [9.17, 15) is 23.6 Å². The van der Waals surface area contributed by atoms with Crippen LogP contribution in [0.4, 0.5) is 25.1 Å². The van der Waals surface area contributed by atoms with Crippen molar-refractivity contribution in [2.75, 3.05) is 30.7 Å². The summed E-state index contributed by atoms with van der Waals surface area (Å²) < 4.78 is 43.3. The molecule has 55 heavy (non-hydrogen) atoms. The molecule has 0 saturated carbocycles. The summed E-state index contributed by atoms with van der Waals surface area (Å²) in [5, 5.41) is 7.12. The molecule has 2 amide bonds. The first-order valence-electron chi connectivity index (χ1n) is 17.7. The summed E-state index contributed by atoms with van der Waals surface area (Å²) in [6, 6.07) is 10.7. The van der Waals surface area contributed by atoms with E-state index in [1.807, 2.05) is 31.6 Å². The maximum absolute atomic E-state index is 15.8. The largest absolute Gasteiger partial charge is 0.461 e. The molecule has 1 aliphatic rings. The van der Waals surface area contributed by atoms with Crippen molar-refractivity contribution in [1.29, 1.82) is 0 Å². The minimum absolute atomic E-state index is 0.0375. The van der Waals surface area contributed by atoms with Gasteiger partial charge in [0.25, 0.3) is 5.91 Å². The molecule has 0 atom stereocenters. The first-order valence-corrected chi connectivity index (χ1v) is 17.7. The Labute approximate surface area is 315 Å². The van der Waals surface area contributed by atoms with Crippen LogP contribution < -0.4 is 16.5 Å². The number of nitrogens with zero attached hydrogens (tertiary/aromatic N) is 5. The van der Waals surface area contributed by atoms with Crippen molar-refractivity contribution in [3.8, 4) is 33.4 Å². The number of benzene rings is 2. The van der Waals surface area contributed by atoms with Gasteiger partial charge in [-0.2, -0.15) is 5.10 Å². The molecule has 6 rings (SSSR count). The quantitative estimate of drug-likeness (QED) is 0.162. The number of halogens is 2. The average Bonchev–Trinajstić information content (AvgIpc) is 3.63. The first-order chi connectivity index (χ1) is 26.1. The van der Waals surface area contributed by atoms with Gasteiger partial charge in [0.05, 0.1) is 24.4 Å². The minimum atomic E-state index is -0.859. The highest BCUT2D eigenvalue weighted by atomic mass is 19.1. The van der Waals surface area contributed by atoms with Crippen LogP contribution in [-0.2, 0) is 16.5 Å². The van der Waals surface area contributed by atoms with Gasteiger partial charge in [0, 0.05) is 66.7 Å². The molecule has 1 fully saturated rings. The molecule has 0 radical (unpaired) electrons. The molecular formula is C40H41F2N7O6. The van der Waals surface area contributed by atoms with Crippen molar-refractivity contribution in [1.82, 2.24) is 24.2 Å². The molecule has 0 spiro atoms. The number of nitrogen functional groups attached to an aromatic ring is 1. The number of ether oxygens (including phenoxy) is 2. The van der Waals surface area contributed by atoms with Gasteiger partial charge in [-0.1, -0.05) is 12.1 Å². The molecule has 1 aliphatic heterocycles. The van der Waals surface area contributed by atoms with E-state index in [0.29, 0.717) is 37.1 Å². The van der Waals surface area contributed by atoms with Crippen LogP contribution in [0.5, 0.6) is 0 Å². The fourth-order valence-corrected chi connectivity index (χ4v) is 6.41. The van der Waals surface area contributed by atoms with E-state index in [2.05, 4.69) is 15.4 Å². The molecule has 286 valence electrons. The zero-order valence-electron chi connectivity index (χ0n) is 31.1. The Bertz CT molecular complexity index is 2320. The average molecular weight is 754 g/mol. The van der Waals surface area contributed by atoms with Crippen LogP contribution in [0.1, 0.15) is 67.4 Å². The van der Waals surface area contributed by atoms with Crippen molar-refractivity contribution in [3.63, 3.8) is 0 Å². The summed E-state index contributed by atoms with van der Waals surface area (Å²) >= 11 is 0. The van der Waals surface area contributed by atoms with Crippen LogP contribution in [0.15, 0.2) is 78.1 Å². The Morgan fingerprint density at radius 1 is 0.945 bits per heavy atom. The summed E-state index contributed by atoms with van der Waals surface area (Å²) in [5.74, 6) is -2.84. The number of likely N-dealkylation sites (tertiary alicyclic amines) is 1. The lowest BCUT2D eigenvalue weighted by molar-refractivity contribution is 0.0184. The highest BCUT2D eigenvalue weighted by Crippen LogP contribution is 2.34. The van der Waals surface area contributed by atoms with Crippen molar-refractivity contribution in [2.24, 2.45) is 7.05 Å². The zero-order chi connectivity index (χ0) is 39.6. The second-order valence-corrected chi connectivity index (χ2v) is 14.1. The normalized spacial score (nSPS) is 13.4. The molecule has 3 N–H and O–H groups in total. The number of pyridine rings is 2. The van der Waals surface area contributed by atoms with E-state index in [-0.39, 0.29) is 58.2 Å². The molecule has 0 unspecified atom stereocenters. The highest BCUT2D eigenvalue weighted by molar-refractivity contribution is 6.06. The third-order valence-corrected chi connectivity index (χ3v) is 9.09. The van der Waals surface area contributed by atoms with Crippen LogP contribution in [0.3, 0.4) is 0 Å². The van der Waals surface area contributed by atoms with Crippen LogP contribution in [0.25, 0.3) is 33.4 Å². The van der Waals surface area contributed by atoms with Crippen LogP contribution in [0, 0.1) is 11.6 Å². The number of aromatic nitrogens is 4. The Morgan fingerprint density at radius 2 is 1.65 bits per heavy atom. The molecule has 4 heterocycles. The van der Waals surface area contributed by atoms with E-state index in [0.717, 1.165) is 23.8 Å². The van der Waals surface area contributed by atoms with Crippen molar-refractivity contribution >= 4 is 29.5 Å². The molecule has 15 heteroatoms. The van der Waals surface area contributed by atoms with Crippen LogP contribution >= 0.6 is 0 Å². The number of amides is 2. The Hall–Kier alpha value is -6.38. The van der Waals surface area contributed by atoms with E-state index in [4.69, 9.17) is 15.2 Å². The van der Waals surface area contributed by atoms with E-state index >= 15 is 4.39 Å². The number of esters is 1. The summed E-state index contributed by atoms with van der Waals surface area (Å²) in [6.45, 7) is 8.22. The summed E-state index contributed by atoms with van der Waals surface area (Å²) in [5.41, 5.74) is 6.33. The SMILES string of the molecule is CCOC(=O)c1c(-c2ccc(F)cc2)c(=O)c(C(=O)Nc2ccc(-c3cc(-c4cnn(C5CCN(C(=O)OC(C)(C)C)CC5)c4)cnc3N)c(F)c2)cn1C. The van der Waals surface area contributed by atoms with Gasteiger partial charge < -0.3 is 30.0 Å². The van der Waals surface area contributed by atoms with Crippen LogP contribution in [-0.4, -0.2) is 67.5 Å². The third-order valence-electron chi connectivity index (χ3n) is 9.09. The van der Waals surface area contributed by atoms with Gasteiger partial charge in [-0.3, -0.25) is 14.3 Å². The number of aryl methyl sites for hydroxylation is 1. The Balaban J connectivity index is 1.21. The Kier molecular flexibility index (Phi) is 10.8. The second kappa shape index (κ2) is 15.5. The number of hydrogen-bond acceptors (Lipinski definition) is 9. The molecule has 0 bridgehead atoms. The topological polar surface area (TPSA) is 164 Å². The number of nitrogens with one attached hydrogen (secondary N) is 1. The van der Waals surface area contributed by atoms with Gasteiger partial charge in [0.15, 0.2) is 0 Å². The molecule has 0 aliphatic carbocycles. The maximum Gasteiger partial charge on any atom is 0.410 e. The van der Waals surface area contributed by atoms with E-state index in [1.165, 1.54) is 42.1 Å². The second-order valence-electron chi connectivity index (χ2n) is 14.1. The molecule has 3 aromatic heterocycles. The number of hydrogen-bond donors (Lipinski definition) is 2. The fraction of sp³-hybridized carbons (Fsp3) is 0.300. The third kappa shape index (κ3) is 8.40. The zero-order valence-corrected chi connectivity index (χ0v) is 31.1. The van der Waals surface area contributed by atoms with Crippen molar-refractivity contribution in [2.45, 2.75) is 52.2 Å². The van der Waals surface area contributed by atoms with Crippen molar-refractivity contribution in [3.05, 3.63) is 106 Å². The lowest BCUT2D eigenvalue weighted by Gasteiger charge is -2.33. The van der Waals surface area contributed by atoms with Gasteiger partial charge >= 0.3 is 12.1 Å². The standard InChI is InChI=1S/C40H41F2N7O6/c1-6-54-38(52)34-33(23-7-9-26(41)10-8-23)35(50)31(22-47(34)5)37(51)46-27-11-12-29(32(42)18-27)30-17-24(19-44-36(30)43)25-20-45-49(21-25)28-13-15-48(16-14-28)39(53)55-40(2,3)4/h7-12,17-22,28H,6,13-16H2,1-5H3,(H2,43,44)(H,46,51). The van der Waals surface area contributed by atoms with Gasteiger partial charge in [0.2, 0.25) is 5.43 Å². The van der Waals surface area contributed by atoms with Crippen molar-refractivity contribution < 1.29 is 32.6 Å². The number of carbonyl (C=O) groups excluding carboxylic acids is 3. The molecular weight excluding hydrogens is 712 g/mol. The number of nitrogens with two attached hydrogens (primary N) is 1. The number of piperidine rings is 1. The lowest BCUT2D eigenvalue weighted by atomic mass is 10.00. The predicted octanol–water partition coefficient (Wildman–Crippen LogP) is 6.84. The minimum Gasteiger partial charge on any atom is -0.461 e. The molecule has 13 nitrogen and oxygen atoms in total. The van der Waals surface area contributed by atoms with Gasteiger partial charge in [-0.15, -0.1) is 0 Å². The monoisotopic (exact) mass is 753 g/mol. The predicted molar refractivity (Wildman–Crippen MR) is 202 cm³/mol. The van der Waals surface area contributed by atoms with E-state index < -0.39 is 34.5 Å². The van der Waals surface area contributed by atoms with E-state index in [1.54, 1.807) is 30.3 Å². The van der Waals surface area contributed by atoms with Gasteiger partial charge in [-0.05, 0) is 82.5 Å².